The summed E-state index contributed by atoms with van der Waals surface area (Å²) < 4.78 is 28.6. The van der Waals surface area contributed by atoms with Crippen molar-refractivity contribution < 1.29 is 22.8 Å². The van der Waals surface area contributed by atoms with Crippen molar-refractivity contribution in [3.8, 4) is 0 Å². The first kappa shape index (κ1) is 20.1. The molecule has 0 aromatic carbocycles. The summed E-state index contributed by atoms with van der Waals surface area (Å²) in [5.41, 5.74) is 0. The van der Waals surface area contributed by atoms with Crippen molar-refractivity contribution in [2.75, 3.05) is 39.6 Å². The molecular weight excluding hydrogens is 300 g/mol. The van der Waals surface area contributed by atoms with Crippen LogP contribution in [-0.4, -0.2) is 54.5 Å². The van der Waals surface area contributed by atoms with Gasteiger partial charge in [0.15, 0.2) is 0 Å². The summed E-state index contributed by atoms with van der Waals surface area (Å²) in [5.74, 6) is 0. The van der Waals surface area contributed by atoms with Gasteiger partial charge in [0.2, 0.25) is 0 Å². The second-order valence-electron chi connectivity index (χ2n) is 5.48. The molecule has 132 valence electrons. The molecule has 1 fully saturated rings. The maximum absolute atomic E-state index is 5.83. The normalized spacial score (nSPS) is 18.4. The molecule has 1 unspecified atom stereocenters. The van der Waals surface area contributed by atoms with E-state index in [2.05, 4.69) is 0 Å². The van der Waals surface area contributed by atoms with Gasteiger partial charge in [-0.3, -0.25) is 0 Å². The van der Waals surface area contributed by atoms with Gasteiger partial charge >= 0.3 is 8.80 Å². The van der Waals surface area contributed by atoms with Gasteiger partial charge in [0.05, 0.1) is 6.10 Å². The van der Waals surface area contributed by atoms with Gasteiger partial charge in [0, 0.05) is 45.7 Å². The Labute approximate surface area is 137 Å². The van der Waals surface area contributed by atoms with Crippen LogP contribution >= 0.6 is 0 Å². The molecule has 0 aromatic heterocycles. The quantitative estimate of drug-likeness (QED) is 0.339. The summed E-state index contributed by atoms with van der Waals surface area (Å²) in [6.45, 7) is 10.4. The van der Waals surface area contributed by atoms with Gasteiger partial charge in [0.1, 0.15) is 0 Å². The Hall–Kier alpha value is 0.0169. The van der Waals surface area contributed by atoms with E-state index in [1.54, 1.807) is 0 Å². The lowest BCUT2D eigenvalue weighted by Gasteiger charge is -2.28. The van der Waals surface area contributed by atoms with Gasteiger partial charge in [-0.1, -0.05) is 0 Å². The number of hydrogen-bond donors (Lipinski definition) is 0. The average Bonchev–Trinajstić information content (AvgIpc) is 2.44. The van der Waals surface area contributed by atoms with Crippen LogP contribution in [0.4, 0.5) is 0 Å². The zero-order valence-corrected chi connectivity index (χ0v) is 15.6. The molecule has 0 N–H and O–H groups in total. The molecule has 1 rings (SSSR count). The van der Waals surface area contributed by atoms with Crippen molar-refractivity contribution in [2.45, 2.75) is 65.0 Å². The fourth-order valence-corrected chi connectivity index (χ4v) is 5.16. The molecule has 0 amide bonds. The highest BCUT2D eigenvalue weighted by Crippen LogP contribution is 2.19. The van der Waals surface area contributed by atoms with Gasteiger partial charge in [-0.2, -0.15) is 0 Å². The molecule has 1 saturated heterocycles. The molecule has 0 spiro atoms. The third-order valence-electron chi connectivity index (χ3n) is 3.72. The van der Waals surface area contributed by atoms with E-state index < -0.39 is 8.80 Å². The average molecular weight is 335 g/mol. The molecule has 0 saturated carbocycles. The summed E-state index contributed by atoms with van der Waals surface area (Å²) in [5, 5.41) is 0. The minimum atomic E-state index is -2.48. The summed E-state index contributed by atoms with van der Waals surface area (Å²) in [4.78, 5) is 0. The highest BCUT2D eigenvalue weighted by atomic mass is 28.4. The third-order valence-corrected chi connectivity index (χ3v) is 6.87. The number of rotatable bonds is 15. The van der Waals surface area contributed by atoms with Crippen LogP contribution in [0, 0.1) is 0 Å². The van der Waals surface area contributed by atoms with Crippen LogP contribution in [0.1, 0.15) is 52.9 Å². The molecule has 6 heteroatoms. The van der Waals surface area contributed by atoms with E-state index in [0.717, 1.165) is 38.7 Å². The van der Waals surface area contributed by atoms with Gasteiger partial charge in [-0.25, -0.2) is 0 Å². The zero-order valence-electron chi connectivity index (χ0n) is 14.6. The van der Waals surface area contributed by atoms with Crippen molar-refractivity contribution in [3.05, 3.63) is 0 Å². The predicted octanol–water partition coefficient (Wildman–Crippen LogP) is 3.40. The lowest BCUT2D eigenvalue weighted by molar-refractivity contribution is -0.0562. The van der Waals surface area contributed by atoms with Crippen molar-refractivity contribution in [2.24, 2.45) is 0 Å². The van der Waals surface area contributed by atoms with E-state index in [4.69, 9.17) is 22.8 Å². The van der Waals surface area contributed by atoms with Gasteiger partial charge < -0.3 is 22.8 Å². The van der Waals surface area contributed by atoms with Crippen molar-refractivity contribution >= 4 is 8.80 Å². The van der Waals surface area contributed by atoms with Gasteiger partial charge in [0.25, 0.3) is 0 Å². The van der Waals surface area contributed by atoms with Crippen molar-refractivity contribution in [1.29, 1.82) is 0 Å². The van der Waals surface area contributed by atoms with E-state index in [0.29, 0.717) is 25.9 Å². The second-order valence-corrected chi connectivity index (χ2v) is 8.21. The lowest BCUT2D eigenvalue weighted by Crippen LogP contribution is -2.46. The smallest absolute Gasteiger partial charge is 0.381 e. The van der Waals surface area contributed by atoms with Crippen LogP contribution in [0.15, 0.2) is 0 Å². The molecule has 0 bridgehead atoms. The Balaban J connectivity index is 2.05. The summed E-state index contributed by atoms with van der Waals surface area (Å²) in [6.07, 6.45) is 6.18. The number of ether oxygens (including phenoxy) is 2. The Morgan fingerprint density at radius 3 is 2.00 bits per heavy atom. The number of hydrogen-bond acceptors (Lipinski definition) is 5. The summed E-state index contributed by atoms with van der Waals surface area (Å²) >= 11 is 0. The predicted molar refractivity (Wildman–Crippen MR) is 89.1 cm³/mol. The molecule has 5 nitrogen and oxygen atoms in total. The van der Waals surface area contributed by atoms with Crippen molar-refractivity contribution in [1.82, 2.24) is 0 Å². The minimum absolute atomic E-state index is 0.523. The Morgan fingerprint density at radius 1 is 0.909 bits per heavy atom. The Kier molecular flexibility index (Phi) is 11.3. The van der Waals surface area contributed by atoms with Gasteiger partial charge in [-0.15, -0.1) is 0 Å². The van der Waals surface area contributed by atoms with E-state index in [9.17, 15) is 0 Å². The van der Waals surface area contributed by atoms with E-state index in [1.165, 1.54) is 19.3 Å². The Morgan fingerprint density at radius 2 is 1.50 bits per heavy atom. The first-order valence-electron chi connectivity index (χ1n) is 8.87. The monoisotopic (exact) mass is 334 g/mol. The SMILES string of the molecule is CCO[Si](CCCOCCCCC1CCO1)(OCC)OCC. The third kappa shape index (κ3) is 8.03. The molecule has 0 aliphatic carbocycles. The van der Waals surface area contributed by atoms with Crippen LogP contribution in [0.5, 0.6) is 0 Å². The molecule has 0 radical (unpaired) electrons. The van der Waals surface area contributed by atoms with Gasteiger partial charge in [-0.05, 0) is 52.9 Å². The second kappa shape index (κ2) is 12.4. The van der Waals surface area contributed by atoms with Crippen molar-refractivity contribution in [3.63, 3.8) is 0 Å². The van der Waals surface area contributed by atoms with Crippen LogP contribution in [0.3, 0.4) is 0 Å². The van der Waals surface area contributed by atoms with E-state index in [-0.39, 0.29) is 0 Å². The topological polar surface area (TPSA) is 46.2 Å². The van der Waals surface area contributed by atoms with E-state index in [1.807, 2.05) is 20.8 Å². The largest absolute Gasteiger partial charge is 0.501 e. The first-order chi connectivity index (χ1) is 10.8. The summed E-state index contributed by atoms with van der Waals surface area (Å²) in [6, 6.07) is 0.832. The molecular formula is C16H34O5Si. The van der Waals surface area contributed by atoms with Crippen LogP contribution in [-0.2, 0) is 22.8 Å². The molecule has 1 atom stereocenters. The highest BCUT2D eigenvalue weighted by molar-refractivity contribution is 6.60. The summed E-state index contributed by atoms with van der Waals surface area (Å²) in [7, 11) is -2.48. The maximum Gasteiger partial charge on any atom is 0.501 e. The number of unbranched alkanes of at least 4 members (excludes halogenated alkanes) is 1. The maximum atomic E-state index is 5.83. The lowest BCUT2D eigenvalue weighted by atomic mass is 10.1. The molecule has 1 heterocycles. The first-order valence-corrected chi connectivity index (χ1v) is 10.8. The van der Waals surface area contributed by atoms with E-state index >= 15 is 0 Å². The molecule has 0 aromatic rings. The Bertz CT molecular complexity index is 244. The fraction of sp³-hybridized carbons (Fsp3) is 1.00. The molecule has 1 aliphatic rings. The minimum Gasteiger partial charge on any atom is -0.381 e. The van der Waals surface area contributed by atoms with Crippen LogP contribution in [0.2, 0.25) is 6.04 Å². The van der Waals surface area contributed by atoms with Crippen LogP contribution in [0.25, 0.3) is 0 Å². The standard InChI is InChI=1S/C16H34O5Si/c1-4-19-22(20-5-2,21-6-3)15-9-13-17-12-8-7-10-16-11-14-18-16/h16H,4-15H2,1-3H3. The van der Waals surface area contributed by atoms with Crippen LogP contribution < -0.4 is 0 Å². The highest BCUT2D eigenvalue weighted by Gasteiger charge is 2.39. The molecule has 1 aliphatic heterocycles. The zero-order chi connectivity index (χ0) is 16.1. The fourth-order valence-electron chi connectivity index (χ4n) is 2.58. The molecule has 22 heavy (non-hydrogen) atoms.